The minimum atomic E-state index is -1.25. The molecule has 0 saturated heterocycles. The molecule has 0 spiro atoms. The van der Waals surface area contributed by atoms with Gasteiger partial charge in [-0.2, -0.15) is 0 Å². The van der Waals surface area contributed by atoms with Crippen LogP contribution in [0.3, 0.4) is 0 Å². The maximum absolute atomic E-state index is 13.9. The zero-order valence-corrected chi connectivity index (χ0v) is 13.6. The lowest BCUT2D eigenvalue weighted by atomic mass is 9.80. The predicted molar refractivity (Wildman–Crippen MR) is 78.0 cm³/mol. The Hall–Kier alpha value is -1.23. The highest BCUT2D eigenvalue weighted by atomic mass is 79.9. The third-order valence-electron chi connectivity index (χ3n) is 2.74. The molecule has 1 aromatic carbocycles. The van der Waals surface area contributed by atoms with Gasteiger partial charge in [0.1, 0.15) is 17.7 Å². The molecule has 1 unspecified atom stereocenters. The second-order valence-electron chi connectivity index (χ2n) is 5.92. The molecular weight excluding hydrogens is 327 g/mol. The van der Waals surface area contributed by atoms with E-state index in [0.29, 0.717) is 10.8 Å². The Labute approximate surface area is 126 Å². The fourth-order valence-electron chi connectivity index (χ4n) is 1.81. The summed E-state index contributed by atoms with van der Waals surface area (Å²) in [6.07, 6.45) is 0.378. The van der Waals surface area contributed by atoms with Gasteiger partial charge in [0.05, 0.1) is 11.8 Å². The summed E-state index contributed by atoms with van der Waals surface area (Å²) >= 11 is 3.23. The van der Waals surface area contributed by atoms with Crippen LogP contribution in [0.4, 0.5) is 4.39 Å². The van der Waals surface area contributed by atoms with Crippen molar-refractivity contribution in [3.05, 3.63) is 34.1 Å². The number of benzene rings is 1. The second kappa shape index (κ2) is 6.04. The maximum atomic E-state index is 13.9. The SMILES string of the molecule is CC(C)(C)OC(=O)CC(C)(C=O)c1cc(Br)ccc1F. The third kappa shape index (κ3) is 4.40. The Morgan fingerprint density at radius 1 is 1.35 bits per heavy atom. The van der Waals surface area contributed by atoms with E-state index in [1.807, 2.05) is 0 Å². The van der Waals surface area contributed by atoms with E-state index in [0.717, 1.165) is 0 Å². The maximum Gasteiger partial charge on any atom is 0.307 e. The molecule has 20 heavy (non-hydrogen) atoms. The van der Waals surface area contributed by atoms with Crippen molar-refractivity contribution in [1.29, 1.82) is 0 Å². The topological polar surface area (TPSA) is 43.4 Å². The molecule has 3 nitrogen and oxygen atoms in total. The predicted octanol–water partition coefficient (Wildman–Crippen LogP) is 3.78. The molecule has 0 amide bonds. The molecule has 1 aromatic rings. The molecule has 0 bridgehead atoms. The quantitative estimate of drug-likeness (QED) is 0.616. The van der Waals surface area contributed by atoms with Gasteiger partial charge in [0.15, 0.2) is 0 Å². The van der Waals surface area contributed by atoms with Crippen LogP contribution in [0.5, 0.6) is 0 Å². The van der Waals surface area contributed by atoms with E-state index >= 15 is 0 Å². The highest BCUT2D eigenvalue weighted by Crippen LogP contribution is 2.31. The van der Waals surface area contributed by atoms with Gasteiger partial charge in [-0.1, -0.05) is 15.9 Å². The Balaban J connectivity index is 3.06. The van der Waals surface area contributed by atoms with Gasteiger partial charge in [-0.15, -0.1) is 0 Å². The van der Waals surface area contributed by atoms with Crippen molar-refractivity contribution in [3.63, 3.8) is 0 Å². The first-order valence-electron chi connectivity index (χ1n) is 6.21. The summed E-state index contributed by atoms with van der Waals surface area (Å²) in [6, 6.07) is 4.31. The molecule has 0 aliphatic rings. The molecule has 0 heterocycles. The molecule has 0 aromatic heterocycles. The van der Waals surface area contributed by atoms with Crippen LogP contribution in [0.2, 0.25) is 0 Å². The minimum absolute atomic E-state index is 0.174. The fourth-order valence-corrected chi connectivity index (χ4v) is 2.17. The van der Waals surface area contributed by atoms with E-state index < -0.39 is 22.8 Å². The first-order valence-corrected chi connectivity index (χ1v) is 7.00. The summed E-state index contributed by atoms with van der Waals surface area (Å²) in [5, 5.41) is 0. The summed E-state index contributed by atoms with van der Waals surface area (Å²) in [6.45, 7) is 6.74. The summed E-state index contributed by atoms with van der Waals surface area (Å²) in [4.78, 5) is 23.3. The van der Waals surface area contributed by atoms with Crippen molar-refractivity contribution in [3.8, 4) is 0 Å². The van der Waals surface area contributed by atoms with Crippen molar-refractivity contribution in [2.24, 2.45) is 0 Å². The number of aldehydes is 1. The lowest BCUT2D eigenvalue weighted by molar-refractivity contribution is -0.156. The highest BCUT2D eigenvalue weighted by molar-refractivity contribution is 9.10. The number of carbonyl (C=O) groups is 2. The van der Waals surface area contributed by atoms with Gasteiger partial charge >= 0.3 is 5.97 Å². The van der Waals surface area contributed by atoms with Crippen molar-refractivity contribution < 1.29 is 18.7 Å². The number of esters is 1. The Bertz CT molecular complexity index is 522. The van der Waals surface area contributed by atoms with E-state index in [1.165, 1.54) is 25.1 Å². The molecule has 1 atom stereocenters. The summed E-state index contributed by atoms with van der Waals surface area (Å²) < 4.78 is 19.7. The van der Waals surface area contributed by atoms with Crippen LogP contribution >= 0.6 is 15.9 Å². The Kier molecular flexibility index (Phi) is 5.08. The number of halogens is 2. The number of hydrogen-bond donors (Lipinski definition) is 0. The van der Waals surface area contributed by atoms with Crippen molar-refractivity contribution in [2.75, 3.05) is 0 Å². The average molecular weight is 345 g/mol. The highest BCUT2D eigenvalue weighted by Gasteiger charge is 2.34. The van der Waals surface area contributed by atoms with E-state index in [-0.39, 0.29) is 12.0 Å². The zero-order chi connectivity index (χ0) is 15.6. The number of carbonyl (C=O) groups excluding carboxylic acids is 2. The molecule has 0 radical (unpaired) electrons. The van der Waals surface area contributed by atoms with Crippen LogP contribution in [-0.2, 0) is 19.7 Å². The zero-order valence-electron chi connectivity index (χ0n) is 12.0. The lowest BCUT2D eigenvalue weighted by Gasteiger charge is -2.26. The first-order chi connectivity index (χ1) is 9.07. The summed E-state index contributed by atoms with van der Waals surface area (Å²) in [5.74, 6) is -1.06. The number of rotatable bonds is 4. The first kappa shape index (κ1) is 16.8. The normalized spacial score (nSPS) is 14.5. The van der Waals surface area contributed by atoms with Gasteiger partial charge in [-0.3, -0.25) is 4.79 Å². The van der Waals surface area contributed by atoms with Crippen LogP contribution in [0, 0.1) is 5.82 Å². The molecule has 5 heteroatoms. The van der Waals surface area contributed by atoms with E-state index in [1.54, 1.807) is 20.8 Å². The summed E-state index contributed by atoms with van der Waals surface area (Å²) in [7, 11) is 0. The van der Waals surface area contributed by atoms with Crippen molar-refractivity contribution >= 4 is 28.2 Å². The number of ether oxygens (including phenoxy) is 1. The molecule has 0 aliphatic heterocycles. The van der Waals surface area contributed by atoms with Gasteiger partial charge in [0.2, 0.25) is 0 Å². The average Bonchev–Trinajstić information content (AvgIpc) is 2.29. The number of hydrogen-bond acceptors (Lipinski definition) is 3. The molecule has 0 saturated carbocycles. The lowest BCUT2D eigenvalue weighted by Crippen LogP contribution is -2.33. The van der Waals surface area contributed by atoms with Gasteiger partial charge in [0.25, 0.3) is 0 Å². The van der Waals surface area contributed by atoms with E-state index in [2.05, 4.69) is 15.9 Å². The van der Waals surface area contributed by atoms with E-state index in [9.17, 15) is 14.0 Å². The molecular formula is C15H18BrFO3. The van der Waals surface area contributed by atoms with Gasteiger partial charge in [0, 0.05) is 10.0 Å². The van der Waals surface area contributed by atoms with Crippen LogP contribution in [0.15, 0.2) is 22.7 Å². The monoisotopic (exact) mass is 344 g/mol. The molecule has 0 aliphatic carbocycles. The van der Waals surface area contributed by atoms with Crippen LogP contribution in [0.1, 0.15) is 39.7 Å². The van der Waals surface area contributed by atoms with E-state index in [4.69, 9.17) is 4.74 Å². The van der Waals surface area contributed by atoms with Crippen molar-refractivity contribution in [2.45, 2.75) is 45.1 Å². The third-order valence-corrected chi connectivity index (χ3v) is 3.23. The van der Waals surface area contributed by atoms with Gasteiger partial charge < -0.3 is 9.53 Å². The van der Waals surface area contributed by atoms with Crippen molar-refractivity contribution in [1.82, 2.24) is 0 Å². The molecule has 0 N–H and O–H groups in total. The van der Waals surface area contributed by atoms with Crippen LogP contribution < -0.4 is 0 Å². The van der Waals surface area contributed by atoms with Crippen LogP contribution in [0.25, 0.3) is 0 Å². The Morgan fingerprint density at radius 3 is 2.45 bits per heavy atom. The fraction of sp³-hybridized carbons (Fsp3) is 0.467. The Morgan fingerprint density at radius 2 is 1.95 bits per heavy atom. The minimum Gasteiger partial charge on any atom is -0.460 e. The smallest absolute Gasteiger partial charge is 0.307 e. The molecule has 110 valence electrons. The molecule has 1 rings (SSSR count). The standard InChI is InChI=1S/C15H18BrFO3/c1-14(2,3)20-13(19)8-15(4,9-18)11-7-10(16)5-6-12(11)17/h5-7,9H,8H2,1-4H3. The molecule has 0 fully saturated rings. The van der Waals surface area contributed by atoms with Gasteiger partial charge in [-0.05, 0) is 45.9 Å². The second-order valence-corrected chi connectivity index (χ2v) is 6.84. The largest absolute Gasteiger partial charge is 0.460 e. The summed E-state index contributed by atoms with van der Waals surface area (Å²) in [5.41, 5.74) is -1.72. The van der Waals surface area contributed by atoms with Crippen LogP contribution in [-0.4, -0.2) is 17.9 Å². The van der Waals surface area contributed by atoms with Gasteiger partial charge in [-0.25, -0.2) is 4.39 Å².